The van der Waals surface area contributed by atoms with E-state index < -0.39 is 0 Å². The van der Waals surface area contributed by atoms with Gasteiger partial charge in [0.05, 0.1) is 16.3 Å². The van der Waals surface area contributed by atoms with Gasteiger partial charge >= 0.3 is 0 Å². The zero-order valence-electron chi connectivity index (χ0n) is 11.4. The summed E-state index contributed by atoms with van der Waals surface area (Å²) in [7, 11) is 0. The van der Waals surface area contributed by atoms with E-state index in [1.165, 1.54) is 0 Å². The van der Waals surface area contributed by atoms with Crippen LogP contribution in [-0.4, -0.2) is 11.6 Å². The highest BCUT2D eigenvalue weighted by Crippen LogP contribution is 2.14. The molecule has 0 radical (unpaired) electrons. The first-order valence-electron chi connectivity index (χ1n) is 6.24. The maximum atomic E-state index is 12.0. The summed E-state index contributed by atoms with van der Waals surface area (Å²) in [4.78, 5) is 12.0. The number of amides is 1. The molecule has 20 heavy (non-hydrogen) atoms. The van der Waals surface area contributed by atoms with Crippen molar-refractivity contribution in [2.75, 3.05) is 0 Å². The van der Waals surface area contributed by atoms with Gasteiger partial charge in [-0.15, -0.1) is 0 Å². The summed E-state index contributed by atoms with van der Waals surface area (Å²) < 4.78 is 0. The molecule has 2 aromatic carbocycles. The molecule has 0 saturated heterocycles. The van der Waals surface area contributed by atoms with Gasteiger partial charge in [-0.3, -0.25) is 4.79 Å². The Balaban J connectivity index is 2.13. The van der Waals surface area contributed by atoms with Gasteiger partial charge in [0.15, 0.2) is 0 Å². The molecule has 0 bridgehead atoms. The van der Waals surface area contributed by atoms with Gasteiger partial charge < -0.3 is 0 Å². The largest absolute Gasteiger partial charge is 0.272 e. The van der Waals surface area contributed by atoms with Gasteiger partial charge in [0.2, 0.25) is 0 Å². The van der Waals surface area contributed by atoms with Gasteiger partial charge in [-0.05, 0) is 31.5 Å². The number of hydrogen-bond acceptors (Lipinski definition) is 2. The van der Waals surface area contributed by atoms with Gasteiger partial charge in [-0.2, -0.15) is 5.10 Å². The number of hydrogen-bond donors (Lipinski definition) is 1. The van der Waals surface area contributed by atoms with Crippen LogP contribution in [0.1, 0.15) is 28.4 Å². The minimum absolute atomic E-state index is 0.317. The molecule has 4 heteroatoms. The Labute approximate surface area is 123 Å². The third-order valence-corrected chi connectivity index (χ3v) is 3.21. The van der Waals surface area contributed by atoms with Gasteiger partial charge in [0.25, 0.3) is 5.91 Å². The number of aryl methyl sites for hydroxylation is 1. The SMILES string of the molecule is CC(=NNC(=O)c1ccccc1Cl)c1cccc(C)c1. The molecule has 2 aromatic rings. The number of hydrazone groups is 1. The van der Waals surface area contributed by atoms with Gasteiger partial charge in [0, 0.05) is 0 Å². The molecule has 0 aliphatic heterocycles. The quantitative estimate of drug-likeness (QED) is 0.677. The molecule has 0 aromatic heterocycles. The fraction of sp³-hybridized carbons (Fsp3) is 0.125. The van der Waals surface area contributed by atoms with Crippen molar-refractivity contribution in [1.82, 2.24) is 5.43 Å². The second-order valence-corrected chi connectivity index (χ2v) is 4.89. The third-order valence-electron chi connectivity index (χ3n) is 2.88. The van der Waals surface area contributed by atoms with Crippen molar-refractivity contribution < 1.29 is 4.79 Å². The van der Waals surface area contributed by atoms with Gasteiger partial charge in [-0.1, -0.05) is 53.6 Å². The molecule has 2 rings (SSSR count). The van der Waals surface area contributed by atoms with Crippen molar-refractivity contribution in [3.05, 3.63) is 70.2 Å². The second kappa shape index (κ2) is 6.35. The molecule has 3 nitrogen and oxygen atoms in total. The Kier molecular flexibility index (Phi) is 4.53. The zero-order valence-corrected chi connectivity index (χ0v) is 12.1. The summed E-state index contributed by atoms with van der Waals surface area (Å²) in [5.41, 5.74) is 5.80. The monoisotopic (exact) mass is 286 g/mol. The van der Waals surface area contributed by atoms with E-state index in [9.17, 15) is 4.79 Å². The standard InChI is InChI=1S/C16H15ClN2O/c1-11-6-5-7-13(10-11)12(2)18-19-16(20)14-8-3-4-9-15(14)17/h3-10H,1-2H3,(H,19,20). The fourth-order valence-electron chi connectivity index (χ4n) is 1.77. The number of rotatable bonds is 3. The highest BCUT2D eigenvalue weighted by Gasteiger charge is 2.08. The number of halogens is 1. The maximum absolute atomic E-state index is 12.0. The molecule has 102 valence electrons. The Morgan fingerprint density at radius 1 is 1.15 bits per heavy atom. The first kappa shape index (κ1) is 14.3. The Bertz CT molecular complexity index is 665. The van der Waals surface area contributed by atoms with Crippen LogP contribution in [0.2, 0.25) is 5.02 Å². The number of nitrogens with zero attached hydrogens (tertiary/aromatic N) is 1. The zero-order chi connectivity index (χ0) is 14.5. The lowest BCUT2D eigenvalue weighted by molar-refractivity contribution is 0.0955. The van der Waals surface area contributed by atoms with E-state index in [2.05, 4.69) is 10.5 Å². The van der Waals surface area contributed by atoms with Crippen LogP contribution in [0.25, 0.3) is 0 Å². The van der Waals surface area contributed by atoms with Crippen molar-refractivity contribution in [3.8, 4) is 0 Å². The van der Waals surface area contributed by atoms with E-state index in [-0.39, 0.29) is 5.91 Å². The highest BCUT2D eigenvalue weighted by atomic mass is 35.5. The number of carbonyl (C=O) groups is 1. The molecule has 0 aliphatic rings. The number of benzene rings is 2. The molecule has 0 heterocycles. The molecule has 1 N–H and O–H groups in total. The lowest BCUT2D eigenvalue weighted by Crippen LogP contribution is -2.19. The first-order valence-corrected chi connectivity index (χ1v) is 6.62. The summed E-state index contributed by atoms with van der Waals surface area (Å²) in [5, 5.41) is 4.52. The number of carbonyl (C=O) groups excluding carboxylic acids is 1. The van der Waals surface area contributed by atoms with Crippen molar-refractivity contribution in [2.24, 2.45) is 5.10 Å². The average Bonchev–Trinajstić information content (AvgIpc) is 2.45. The lowest BCUT2D eigenvalue weighted by atomic mass is 10.1. The topological polar surface area (TPSA) is 41.5 Å². The van der Waals surface area contributed by atoms with Gasteiger partial charge in [-0.25, -0.2) is 5.43 Å². The van der Waals surface area contributed by atoms with Crippen LogP contribution in [0, 0.1) is 6.92 Å². The molecule has 0 fully saturated rings. The average molecular weight is 287 g/mol. The van der Waals surface area contributed by atoms with Crippen molar-refractivity contribution in [2.45, 2.75) is 13.8 Å². The molecule has 0 saturated carbocycles. The Hall–Kier alpha value is -2.13. The van der Waals surface area contributed by atoms with Crippen LogP contribution >= 0.6 is 11.6 Å². The maximum Gasteiger partial charge on any atom is 0.272 e. The molecular formula is C16H15ClN2O. The molecule has 0 atom stereocenters. The summed E-state index contributed by atoms with van der Waals surface area (Å²) in [6, 6.07) is 14.8. The van der Waals surface area contributed by atoms with E-state index in [0.29, 0.717) is 10.6 Å². The smallest absolute Gasteiger partial charge is 0.267 e. The Morgan fingerprint density at radius 2 is 1.90 bits per heavy atom. The van der Waals surface area contributed by atoms with Crippen molar-refractivity contribution in [3.63, 3.8) is 0 Å². The predicted octanol–water partition coefficient (Wildman–Crippen LogP) is 3.80. The van der Waals surface area contributed by atoms with Crippen LogP contribution in [-0.2, 0) is 0 Å². The first-order chi connectivity index (χ1) is 9.58. The van der Waals surface area contributed by atoms with Gasteiger partial charge in [0.1, 0.15) is 0 Å². The minimum Gasteiger partial charge on any atom is -0.267 e. The predicted molar refractivity (Wildman–Crippen MR) is 82.3 cm³/mol. The molecular weight excluding hydrogens is 272 g/mol. The van der Waals surface area contributed by atoms with Crippen LogP contribution in [0.5, 0.6) is 0 Å². The summed E-state index contributed by atoms with van der Waals surface area (Å²) in [6.45, 7) is 3.86. The van der Waals surface area contributed by atoms with Crippen LogP contribution in [0.4, 0.5) is 0 Å². The Morgan fingerprint density at radius 3 is 2.60 bits per heavy atom. The van der Waals surface area contributed by atoms with Crippen molar-refractivity contribution >= 4 is 23.2 Å². The van der Waals surface area contributed by atoms with Crippen LogP contribution in [0.3, 0.4) is 0 Å². The minimum atomic E-state index is -0.317. The number of nitrogens with one attached hydrogen (secondary N) is 1. The summed E-state index contributed by atoms with van der Waals surface area (Å²) >= 11 is 5.96. The summed E-state index contributed by atoms with van der Waals surface area (Å²) in [5.74, 6) is -0.317. The van der Waals surface area contributed by atoms with E-state index in [0.717, 1.165) is 16.8 Å². The van der Waals surface area contributed by atoms with E-state index in [4.69, 9.17) is 11.6 Å². The highest BCUT2D eigenvalue weighted by molar-refractivity contribution is 6.33. The van der Waals surface area contributed by atoms with Crippen molar-refractivity contribution in [1.29, 1.82) is 0 Å². The van der Waals surface area contributed by atoms with E-state index in [1.54, 1.807) is 24.3 Å². The fourth-order valence-corrected chi connectivity index (χ4v) is 2.00. The van der Waals surface area contributed by atoms with Crippen LogP contribution in [0.15, 0.2) is 53.6 Å². The normalized spacial score (nSPS) is 11.2. The molecule has 0 unspecified atom stereocenters. The summed E-state index contributed by atoms with van der Waals surface area (Å²) in [6.07, 6.45) is 0. The van der Waals surface area contributed by atoms with E-state index >= 15 is 0 Å². The van der Waals surface area contributed by atoms with E-state index in [1.807, 2.05) is 38.1 Å². The third kappa shape index (κ3) is 3.45. The molecule has 1 amide bonds. The molecule has 0 spiro atoms. The lowest BCUT2D eigenvalue weighted by Gasteiger charge is -2.05. The van der Waals surface area contributed by atoms with Crippen LogP contribution < -0.4 is 5.43 Å². The second-order valence-electron chi connectivity index (χ2n) is 4.49. The molecule has 0 aliphatic carbocycles.